The minimum Gasteiger partial charge on any atom is -0.744 e. The minimum atomic E-state index is -4.36. The molecule has 0 N–H and O–H groups in total. The van der Waals surface area contributed by atoms with Gasteiger partial charge >= 0.3 is 29.6 Å². The zero-order valence-electron chi connectivity index (χ0n) is 13.2. The molecule has 0 aromatic heterocycles. The summed E-state index contributed by atoms with van der Waals surface area (Å²) >= 11 is 0. The molecule has 22 heavy (non-hydrogen) atoms. The molecule has 0 fully saturated rings. The van der Waals surface area contributed by atoms with Gasteiger partial charge in [0.1, 0.15) is 15.9 Å². The summed E-state index contributed by atoms with van der Waals surface area (Å²) in [5, 5.41) is 0. The van der Waals surface area contributed by atoms with Gasteiger partial charge in [-0.05, 0) is 43.4 Å². The van der Waals surface area contributed by atoms with Crippen LogP contribution in [0.1, 0.15) is 38.2 Å². The molecule has 118 valence electrons. The molecule has 0 saturated carbocycles. The summed E-state index contributed by atoms with van der Waals surface area (Å²) < 4.78 is 32.4. The van der Waals surface area contributed by atoms with Gasteiger partial charge in [0, 0.05) is 6.42 Å². The summed E-state index contributed by atoms with van der Waals surface area (Å²) in [6, 6.07) is 5.99. The maximum absolute atomic E-state index is 10.8. The van der Waals surface area contributed by atoms with Crippen molar-refractivity contribution in [2.24, 2.45) is 0 Å². The molecule has 1 rings (SSSR count). The SMILES string of the molecule is C=C(CCC)OOCCCCc1ccc(S(=O)(=O)[O-])cc1.[Na+]. The number of hydrogen-bond donors (Lipinski definition) is 0. The van der Waals surface area contributed by atoms with E-state index in [-0.39, 0.29) is 34.5 Å². The Morgan fingerprint density at radius 3 is 2.41 bits per heavy atom. The van der Waals surface area contributed by atoms with Gasteiger partial charge in [-0.1, -0.05) is 25.6 Å². The summed E-state index contributed by atoms with van der Waals surface area (Å²) in [6.07, 6.45) is 4.25. The zero-order valence-corrected chi connectivity index (χ0v) is 16.0. The molecule has 0 aliphatic carbocycles. The van der Waals surface area contributed by atoms with E-state index in [4.69, 9.17) is 9.78 Å². The molecule has 0 unspecified atom stereocenters. The Labute approximate surface area is 154 Å². The smallest absolute Gasteiger partial charge is 0.744 e. The standard InChI is InChI=1S/C15H22O5S.Na/c1-3-6-13(2)20-19-12-5-4-7-14-8-10-15(11-9-14)21(16,17)18;/h8-11H,2-7,12H2,1H3,(H,16,17,18);/q;+1/p-1. The fourth-order valence-electron chi connectivity index (χ4n) is 1.76. The van der Waals surface area contributed by atoms with Crippen molar-refractivity contribution < 1.29 is 52.3 Å². The maximum Gasteiger partial charge on any atom is 1.00 e. The maximum atomic E-state index is 10.8. The molecule has 1 aromatic carbocycles. The molecule has 0 atom stereocenters. The van der Waals surface area contributed by atoms with E-state index in [1.807, 2.05) is 6.92 Å². The van der Waals surface area contributed by atoms with Gasteiger partial charge in [-0.2, -0.15) is 4.89 Å². The molecule has 5 nitrogen and oxygen atoms in total. The average Bonchev–Trinajstić information content (AvgIpc) is 2.42. The molecular formula is C15H21NaO5S. The van der Waals surface area contributed by atoms with E-state index in [2.05, 4.69) is 6.58 Å². The van der Waals surface area contributed by atoms with Crippen molar-refractivity contribution in [2.75, 3.05) is 6.61 Å². The molecule has 0 saturated heterocycles. The number of aryl methyl sites for hydroxylation is 1. The third-order valence-corrected chi connectivity index (χ3v) is 3.71. The van der Waals surface area contributed by atoms with Gasteiger partial charge in [0.15, 0.2) is 0 Å². The van der Waals surface area contributed by atoms with Gasteiger partial charge in [-0.3, -0.25) is 0 Å². The van der Waals surface area contributed by atoms with E-state index in [1.54, 1.807) is 12.1 Å². The summed E-state index contributed by atoms with van der Waals surface area (Å²) in [7, 11) is -4.36. The van der Waals surface area contributed by atoms with Gasteiger partial charge in [-0.15, -0.1) is 0 Å². The second-order valence-corrected chi connectivity index (χ2v) is 6.13. The molecule has 0 radical (unpaired) electrons. The third-order valence-electron chi connectivity index (χ3n) is 2.86. The Hall–Kier alpha value is -0.370. The fourth-order valence-corrected chi connectivity index (χ4v) is 2.23. The molecule has 0 amide bonds. The van der Waals surface area contributed by atoms with E-state index in [9.17, 15) is 13.0 Å². The number of unbranched alkanes of at least 4 members (excludes halogenated alkanes) is 1. The topological polar surface area (TPSA) is 75.7 Å². The molecule has 0 spiro atoms. The predicted molar refractivity (Wildman–Crippen MR) is 78.4 cm³/mol. The third kappa shape index (κ3) is 8.92. The van der Waals surface area contributed by atoms with Gasteiger partial charge < -0.3 is 9.44 Å². The van der Waals surface area contributed by atoms with Crippen LogP contribution in [0, 0.1) is 0 Å². The Bertz CT molecular complexity index is 540. The Kier molecular flexibility index (Phi) is 11.0. The van der Waals surface area contributed by atoms with Crippen LogP contribution in [-0.4, -0.2) is 19.6 Å². The number of benzene rings is 1. The first-order chi connectivity index (χ1) is 9.93. The van der Waals surface area contributed by atoms with Crippen molar-refractivity contribution in [3.8, 4) is 0 Å². The monoisotopic (exact) mass is 336 g/mol. The first kappa shape index (κ1) is 21.6. The second kappa shape index (κ2) is 11.2. The Morgan fingerprint density at radius 2 is 1.86 bits per heavy atom. The van der Waals surface area contributed by atoms with Crippen molar-refractivity contribution in [1.82, 2.24) is 0 Å². The number of rotatable bonds is 10. The average molecular weight is 336 g/mol. The molecule has 7 heteroatoms. The van der Waals surface area contributed by atoms with Gasteiger partial charge in [0.25, 0.3) is 0 Å². The fraction of sp³-hybridized carbons (Fsp3) is 0.467. The largest absolute Gasteiger partial charge is 1.00 e. The van der Waals surface area contributed by atoms with Crippen LogP contribution >= 0.6 is 0 Å². The summed E-state index contributed by atoms with van der Waals surface area (Å²) in [5.41, 5.74) is 0.985. The summed E-state index contributed by atoms with van der Waals surface area (Å²) in [6.45, 7) is 6.24. The molecule has 0 aliphatic heterocycles. The van der Waals surface area contributed by atoms with Crippen molar-refractivity contribution in [2.45, 2.75) is 43.9 Å². The first-order valence-corrected chi connectivity index (χ1v) is 8.36. The normalized spacial score (nSPS) is 10.8. The molecule has 0 bridgehead atoms. The van der Waals surface area contributed by atoms with E-state index >= 15 is 0 Å². The molecule has 1 aromatic rings. The van der Waals surface area contributed by atoms with E-state index in [0.29, 0.717) is 12.4 Å². The molecular weight excluding hydrogens is 315 g/mol. The zero-order chi connectivity index (χ0) is 15.7. The minimum absolute atomic E-state index is 0. The van der Waals surface area contributed by atoms with Gasteiger partial charge in [0.2, 0.25) is 0 Å². The molecule has 0 heterocycles. The summed E-state index contributed by atoms with van der Waals surface area (Å²) in [4.78, 5) is 9.82. The van der Waals surface area contributed by atoms with Gasteiger partial charge in [0.05, 0.1) is 11.5 Å². The predicted octanol–water partition coefficient (Wildman–Crippen LogP) is 0.179. The number of hydrogen-bond acceptors (Lipinski definition) is 5. The van der Waals surface area contributed by atoms with Crippen LogP contribution in [0.4, 0.5) is 0 Å². The van der Waals surface area contributed by atoms with E-state index < -0.39 is 10.1 Å². The van der Waals surface area contributed by atoms with Crippen LogP contribution in [0.25, 0.3) is 0 Å². The van der Waals surface area contributed by atoms with Crippen LogP contribution < -0.4 is 29.6 Å². The van der Waals surface area contributed by atoms with Crippen LogP contribution in [0.5, 0.6) is 0 Å². The summed E-state index contributed by atoms with van der Waals surface area (Å²) in [5.74, 6) is 0.631. The Balaban J connectivity index is 0.00000441. The molecule has 0 aliphatic rings. The van der Waals surface area contributed by atoms with Crippen LogP contribution in [0.15, 0.2) is 41.5 Å². The van der Waals surface area contributed by atoms with Crippen molar-refractivity contribution in [1.29, 1.82) is 0 Å². The van der Waals surface area contributed by atoms with Crippen molar-refractivity contribution >= 4 is 10.1 Å². The van der Waals surface area contributed by atoms with Gasteiger partial charge in [-0.25, -0.2) is 8.42 Å². The Morgan fingerprint density at radius 1 is 1.23 bits per heavy atom. The second-order valence-electron chi connectivity index (χ2n) is 4.75. The van der Waals surface area contributed by atoms with Crippen LogP contribution in [0.3, 0.4) is 0 Å². The number of allylic oxidation sites excluding steroid dienone is 1. The van der Waals surface area contributed by atoms with Crippen molar-refractivity contribution in [3.05, 3.63) is 42.2 Å². The van der Waals surface area contributed by atoms with E-state index in [1.165, 1.54) is 12.1 Å². The quantitative estimate of drug-likeness (QED) is 0.152. The van der Waals surface area contributed by atoms with Crippen molar-refractivity contribution in [3.63, 3.8) is 0 Å². The van der Waals surface area contributed by atoms with Crippen LogP contribution in [0.2, 0.25) is 0 Å². The van der Waals surface area contributed by atoms with Crippen LogP contribution in [-0.2, 0) is 26.3 Å². The first-order valence-electron chi connectivity index (χ1n) is 6.95. The van der Waals surface area contributed by atoms with E-state index in [0.717, 1.165) is 37.7 Å².